The monoisotopic (exact) mass is 571 g/mol. The van der Waals surface area contributed by atoms with Crippen LogP contribution < -0.4 is 20.5 Å². The van der Waals surface area contributed by atoms with E-state index in [9.17, 15) is 0 Å². The van der Waals surface area contributed by atoms with Gasteiger partial charge in [-0.3, -0.25) is 0 Å². The highest BCUT2D eigenvalue weighted by Gasteiger charge is 2.07. The molecular weight excluding hydrogens is 541 g/mol. The van der Waals surface area contributed by atoms with Crippen molar-refractivity contribution in [2.75, 3.05) is 18.5 Å². The highest BCUT2D eigenvalue weighted by molar-refractivity contribution is 14.0. The fraction of sp³-hybridized carbons (Fsp3) is 0.231. The van der Waals surface area contributed by atoms with Crippen LogP contribution in [0, 0.1) is 0 Å². The number of aromatic nitrogens is 2. The normalized spacial score (nSPS) is 11.2. The maximum absolute atomic E-state index is 6.15. The largest absolute Gasteiger partial charge is 0.494 e. The van der Waals surface area contributed by atoms with Crippen LogP contribution in [0.3, 0.4) is 0 Å². The Hall–Kier alpha value is -3.27. The number of hydrogen-bond acceptors (Lipinski definition) is 4. The maximum atomic E-state index is 6.15. The molecule has 3 N–H and O–H groups in total. The van der Waals surface area contributed by atoms with Crippen molar-refractivity contribution >= 4 is 46.7 Å². The van der Waals surface area contributed by atoms with Crippen LogP contribution in [-0.4, -0.2) is 28.7 Å². The average Bonchev–Trinajstić information content (AvgIpc) is 3.23. The third-order valence-corrected chi connectivity index (χ3v) is 5.16. The van der Waals surface area contributed by atoms with Gasteiger partial charge in [-0.15, -0.1) is 24.0 Å². The van der Waals surface area contributed by atoms with Gasteiger partial charge in [-0.2, -0.15) is 0 Å². The highest BCUT2D eigenvalue weighted by atomic mass is 127. The minimum absolute atomic E-state index is 0. The molecule has 0 saturated heterocycles. The summed E-state index contributed by atoms with van der Waals surface area (Å²) in [6, 6.07) is 22.1. The summed E-state index contributed by atoms with van der Waals surface area (Å²) in [5.74, 6) is 1.77. The second-order valence-corrected chi connectivity index (χ2v) is 7.53. The number of nitrogens with two attached hydrogens (primary N) is 1. The van der Waals surface area contributed by atoms with Gasteiger partial charge in [-0.05, 0) is 49.2 Å². The SMILES string of the molecule is CCOc1ccc(OCC)c(NC(N)=NCc2ccc(Cn3cnc4ccccc43)cc2)c1.I. The van der Waals surface area contributed by atoms with Gasteiger partial charge in [0.05, 0.1) is 42.8 Å². The number of nitrogens with zero attached hydrogens (tertiary/aromatic N) is 3. The molecule has 0 amide bonds. The third-order valence-electron chi connectivity index (χ3n) is 5.16. The van der Waals surface area contributed by atoms with Crippen LogP contribution in [0.2, 0.25) is 0 Å². The molecule has 1 aromatic heterocycles. The number of imidazole rings is 1. The molecule has 0 fully saturated rings. The predicted molar refractivity (Wildman–Crippen MR) is 148 cm³/mol. The van der Waals surface area contributed by atoms with E-state index < -0.39 is 0 Å². The molecule has 8 heteroatoms. The van der Waals surface area contributed by atoms with Crippen molar-refractivity contribution in [1.29, 1.82) is 0 Å². The van der Waals surface area contributed by atoms with Crippen LogP contribution in [0.1, 0.15) is 25.0 Å². The van der Waals surface area contributed by atoms with Gasteiger partial charge in [0.1, 0.15) is 11.5 Å². The molecule has 0 atom stereocenters. The predicted octanol–water partition coefficient (Wildman–Crippen LogP) is 5.43. The first-order chi connectivity index (χ1) is 16.2. The first kappa shape index (κ1) is 25.4. The molecule has 1 heterocycles. The summed E-state index contributed by atoms with van der Waals surface area (Å²) in [6.45, 7) is 6.27. The number of halogens is 1. The summed E-state index contributed by atoms with van der Waals surface area (Å²) in [7, 11) is 0. The summed E-state index contributed by atoms with van der Waals surface area (Å²) in [5.41, 5.74) is 11.3. The highest BCUT2D eigenvalue weighted by Crippen LogP contribution is 2.29. The van der Waals surface area contributed by atoms with E-state index in [0.29, 0.717) is 31.5 Å². The lowest BCUT2D eigenvalue weighted by atomic mass is 10.1. The fourth-order valence-electron chi connectivity index (χ4n) is 3.58. The van der Waals surface area contributed by atoms with E-state index in [4.69, 9.17) is 15.2 Å². The van der Waals surface area contributed by atoms with E-state index in [2.05, 4.69) is 50.2 Å². The lowest BCUT2D eigenvalue weighted by Crippen LogP contribution is -2.23. The van der Waals surface area contributed by atoms with Gasteiger partial charge >= 0.3 is 0 Å². The summed E-state index contributed by atoms with van der Waals surface area (Å²) < 4.78 is 13.4. The van der Waals surface area contributed by atoms with E-state index in [0.717, 1.165) is 34.6 Å². The lowest BCUT2D eigenvalue weighted by molar-refractivity contribution is 0.332. The van der Waals surface area contributed by atoms with E-state index in [-0.39, 0.29) is 24.0 Å². The van der Waals surface area contributed by atoms with Crippen LogP contribution in [0.4, 0.5) is 5.69 Å². The van der Waals surface area contributed by atoms with E-state index in [1.165, 1.54) is 5.56 Å². The number of anilines is 1. The molecule has 0 aliphatic heterocycles. The van der Waals surface area contributed by atoms with Crippen LogP contribution in [0.25, 0.3) is 11.0 Å². The molecule has 7 nitrogen and oxygen atoms in total. The number of rotatable bonds is 9. The van der Waals surface area contributed by atoms with Crippen molar-refractivity contribution in [2.24, 2.45) is 10.7 Å². The average molecular weight is 571 g/mol. The number of guanidine groups is 1. The standard InChI is InChI=1S/C26H29N5O2.HI/c1-3-32-21-13-14-25(33-4-2)23(15-21)30-26(27)28-16-19-9-11-20(12-10-19)17-31-18-29-22-7-5-6-8-24(22)31;/h5-15,18H,3-4,16-17H2,1-2H3,(H3,27,28,30);1H. The molecule has 4 aromatic rings. The minimum atomic E-state index is 0. The maximum Gasteiger partial charge on any atom is 0.193 e. The Morgan fingerprint density at radius 2 is 1.71 bits per heavy atom. The molecule has 3 aromatic carbocycles. The number of benzene rings is 3. The van der Waals surface area contributed by atoms with Crippen LogP contribution in [0.5, 0.6) is 11.5 Å². The minimum Gasteiger partial charge on any atom is -0.494 e. The van der Waals surface area contributed by atoms with Crippen LogP contribution in [-0.2, 0) is 13.1 Å². The number of nitrogens with one attached hydrogen (secondary N) is 1. The molecule has 0 aliphatic rings. The molecule has 0 saturated carbocycles. The van der Waals surface area contributed by atoms with Gasteiger partial charge in [-0.1, -0.05) is 36.4 Å². The molecule has 34 heavy (non-hydrogen) atoms. The Kier molecular flexibility index (Phi) is 9.15. The van der Waals surface area contributed by atoms with Gasteiger partial charge in [0.25, 0.3) is 0 Å². The summed E-state index contributed by atoms with van der Waals surface area (Å²) in [4.78, 5) is 8.94. The Morgan fingerprint density at radius 3 is 2.47 bits per heavy atom. The molecule has 4 rings (SSSR count). The number of ether oxygens (including phenoxy) is 2. The van der Waals surface area contributed by atoms with Crippen molar-refractivity contribution in [2.45, 2.75) is 26.9 Å². The summed E-state index contributed by atoms with van der Waals surface area (Å²) in [6.07, 6.45) is 1.88. The Morgan fingerprint density at radius 1 is 0.971 bits per heavy atom. The zero-order chi connectivity index (χ0) is 23.0. The van der Waals surface area contributed by atoms with Gasteiger partial charge in [0.15, 0.2) is 5.96 Å². The molecule has 0 spiro atoms. The summed E-state index contributed by atoms with van der Waals surface area (Å²) >= 11 is 0. The fourth-order valence-corrected chi connectivity index (χ4v) is 3.58. The first-order valence-electron chi connectivity index (χ1n) is 11.1. The lowest BCUT2D eigenvalue weighted by Gasteiger charge is -2.14. The Balaban J connectivity index is 0.00000324. The third kappa shape index (κ3) is 6.40. The number of para-hydroxylation sites is 2. The smallest absolute Gasteiger partial charge is 0.193 e. The zero-order valence-electron chi connectivity index (χ0n) is 19.4. The molecule has 0 unspecified atom stereocenters. The van der Waals surface area contributed by atoms with Gasteiger partial charge < -0.3 is 25.1 Å². The quantitative estimate of drug-likeness (QED) is 0.159. The van der Waals surface area contributed by atoms with Crippen LogP contribution in [0.15, 0.2) is 78.0 Å². The Labute approximate surface area is 217 Å². The first-order valence-corrected chi connectivity index (χ1v) is 11.1. The topological polar surface area (TPSA) is 86.7 Å². The van der Waals surface area contributed by atoms with Crippen molar-refractivity contribution in [3.05, 3.63) is 84.2 Å². The van der Waals surface area contributed by atoms with Gasteiger partial charge in [0, 0.05) is 12.6 Å². The number of aliphatic imine (C=N–C) groups is 1. The van der Waals surface area contributed by atoms with E-state index >= 15 is 0 Å². The van der Waals surface area contributed by atoms with Gasteiger partial charge in [0.2, 0.25) is 0 Å². The molecule has 0 aliphatic carbocycles. The molecule has 178 valence electrons. The van der Waals surface area contributed by atoms with Crippen molar-refractivity contribution < 1.29 is 9.47 Å². The van der Waals surface area contributed by atoms with Crippen LogP contribution >= 0.6 is 24.0 Å². The molecular formula is C26H30IN5O2. The second-order valence-electron chi connectivity index (χ2n) is 7.53. The van der Waals surface area contributed by atoms with Crippen molar-refractivity contribution in [1.82, 2.24) is 9.55 Å². The zero-order valence-corrected chi connectivity index (χ0v) is 21.7. The van der Waals surface area contributed by atoms with Gasteiger partial charge in [-0.25, -0.2) is 9.98 Å². The second kappa shape index (κ2) is 12.3. The van der Waals surface area contributed by atoms with Crippen molar-refractivity contribution in [3.8, 4) is 11.5 Å². The number of hydrogen-bond donors (Lipinski definition) is 2. The summed E-state index contributed by atoms with van der Waals surface area (Å²) in [5, 5.41) is 3.13. The Bertz CT molecular complexity index is 1240. The van der Waals surface area contributed by atoms with E-state index in [1.54, 1.807) is 0 Å². The van der Waals surface area contributed by atoms with Crippen molar-refractivity contribution in [3.63, 3.8) is 0 Å². The molecule has 0 radical (unpaired) electrons. The molecule has 0 bridgehead atoms. The number of fused-ring (bicyclic) bond motifs is 1. The van der Waals surface area contributed by atoms with E-state index in [1.807, 2.05) is 56.6 Å².